The first-order valence-electron chi connectivity index (χ1n) is 14.4. The third-order valence-corrected chi connectivity index (χ3v) is 8.34. The number of anilines is 1. The van der Waals surface area contributed by atoms with Crippen LogP contribution in [-0.4, -0.2) is 66.4 Å². The van der Waals surface area contributed by atoms with Gasteiger partial charge in [-0.25, -0.2) is 9.78 Å². The van der Waals surface area contributed by atoms with Gasteiger partial charge in [0.1, 0.15) is 6.54 Å². The number of nitrogens with zero attached hydrogens (tertiary/aromatic N) is 3. The van der Waals surface area contributed by atoms with E-state index in [1.807, 2.05) is 66.0 Å². The Labute approximate surface area is 242 Å². The predicted octanol–water partition coefficient (Wildman–Crippen LogP) is 6.38. The molecule has 0 radical (unpaired) electrons. The summed E-state index contributed by atoms with van der Waals surface area (Å²) in [5.41, 5.74) is 5.55. The Morgan fingerprint density at radius 2 is 1.62 bits per heavy atom. The minimum atomic E-state index is -4.52. The minimum Gasteiger partial charge on any atom is -0.433 e. The molecule has 6 rings (SSSR count). The maximum Gasteiger partial charge on any atom is 0.408 e. The van der Waals surface area contributed by atoms with Crippen LogP contribution in [0.4, 0.5) is 23.9 Å². The van der Waals surface area contributed by atoms with Gasteiger partial charge in [0, 0.05) is 37.3 Å². The molecule has 2 N–H and O–H groups in total. The highest BCUT2D eigenvalue weighted by Crippen LogP contribution is 2.52. The summed E-state index contributed by atoms with van der Waals surface area (Å²) in [6.45, 7) is 5.06. The molecule has 0 saturated carbocycles. The standard InChI is InChI=1S/C32H34F3N5O2/c1-22-9-8-14-27-28(22)38-29(37-27)40-19-17-39(18-20-40)16-7-6-15-31(42-30(41)36-21-32(33,34)35)25-12-4-2-10-23(25)24-11-3-5-13-26(24)31/h2-5,8-14H,6-7,15-21H2,1H3,(H,36,41)(H,37,38). The van der Waals surface area contributed by atoms with Crippen molar-refractivity contribution < 1.29 is 22.7 Å². The Bertz CT molecular complexity index is 1530. The van der Waals surface area contributed by atoms with Crippen LogP contribution in [-0.2, 0) is 10.3 Å². The van der Waals surface area contributed by atoms with E-state index in [0.29, 0.717) is 6.42 Å². The van der Waals surface area contributed by atoms with E-state index >= 15 is 0 Å². The Morgan fingerprint density at radius 1 is 0.952 bits per heavy atom. The number of imidazole rings is 1. The maximum atomic E-state index is 12.8. The fourth-order valence-corrected chi connectivity index (χ4v) is 6.29. The molecule has 1 amide bonds. The topological polar surface area (TPSA) is 73.5 Å². The fraction of sp³-hybridized carbons (Fsp3) is 0.375. The highest BCUT2D eigenvalue weighted by atomic mass is 19.4. The average molecular weight is 578 g/mol. The lowest BCUT2D eigenvalue weighted by molar-refractivity contribution is -0.124. The zero-order valence-electron chi connectivity index (χ0n) is 23.5. The molecule has 0 spiro atoms. The van der Waals surface area contributed by atoms with Crippen LogP contribution < -0.4 is 10.2 Å². The van der Waals surface area contributed by atoms with Gasteiger partial charge in [0.2, 0.25) is 5.95 Å². The summed E-state index contributed by atoms with van der Waals surface area (Å²) >= 11 is 0. The number of ether oxygens (including phenoxy) is 1. The number of alkyl halides is 3. The number of hydrogen-bond donors (Lipinski definition) is 2. The van der Waals surface area contributed by atoms with Crippen molar-refractivity contribution in [2.45, 2.75) is 38.0 Å². The van der Waals surface area contributed by atoms with E-state index in [0.717, 1.165) is 90.4 Å². The third kappa shape index (κ3) is 5.55. The minimum absolute atomic E-state index is 0.471. The lowest BCUT2D eigenvalue weighted by Crippen LogP contribution is -2.47. The van der Waals surface area contributed by atoms with E-state index in [9.17, 15) is 18.0 Å². The van der Waals surface area contributed by atoms with Crippen LogP contribution in [0.15, 0.2) is 66.7 Å². The zero-order valence-corrected chi connectivity index (χ0v) is 23.5. The zero-order chi connectivity index (χ0) is 29.3. The summed E-state index contributed by atoms with van der Waals surface area (Å²) in [6.07, 6.45) is -3.53. The van der Waals surface area contributed by atoms with Crippen LogP contribution in [0.5, 0.6) is 0 Å². The Morgan fingerprint density at radius 3 is 2.26 bits per heavy atom. The lowest BCUT2D eigenvalue weighted by atomic mass is 9.86. The molecular formula is C32H34F3N5O2. The molecule has 7 nitrogen and oxygen atoms in total. The van der Waals surface area contributed by atoms with Crippen LogP contribution in [0.3, 0.4) is 0 Å². The highest BCUT2D eigenvalue weighted by Gasteiger charge is 2.46. The second kappa shape index (κ2) is 11.3. The molecule has 4 aromatic rings. The molecule has 10 heteroatoms. The van der Waals surface area contributed by atoms with Crippen LogP contribution in [0, 0.1) is 6.92 Å². The van der Waals surface area contributed by atoms with Gasteiger partial charge < -0.3 is 19.9 Å². The number of para-hydroxylation sites is 1. The maximum absolute atomic E-state index is 12.8. The summed E-state index contributed by atoms with van der Waals surface area (Å²) < 4.78 is 44.4. The number of rotatable bonds is 8. The molecule has 0 unspecified atom stereocenters. The van der Waals surface area contributed by atoms with Gasteiger partial charge in [0.25, 0.3) is 0 Å². The average Bonchev–Trinajstić information content (AvgIpc) is 3.54. The summed E-state index contributed by atoms with van der Waals surface area (Å²) in [5, 5.41) is 1.90. The normalized spacial score (nSPS) is 16.3. The number of aromatic amines is 1. The molecular weight excluding hydrogens is 543 g/mol. The van der Waals surface area contributed by atoms with Gasteiger partial charge in [-0.2, -0.15) is 13.2 Å². The number of H-pyrrole nitrogens is 1. The molecule has 3 aromatic carbocycles. The smallest absolute Gasteiger partial charge is 0.408 e. The molecule has 42 heavy (non-hydrogen) atoms. The number of fused-ring (bicyclic) bond motifs is 4. The van der Waals surface area contributed by atoms with Gasteiger partial charge in [-0.3, -0.25) is 4.90 Å². The first kappa shape index (κ1) is 28.1. The molecule has 1 saturated heterocycles. The number of carbonyl (C=O) groups is 1. The second-order valence-electron chi connectivity index (χ2n) is 11.1. The van der Waals surface area contributed by atoms with E-state index in [4.69, 9.17) is 9.72 Å². The number of amides is 1. The molecule has 1 aliphatic heterocycles. The number of hydrogen-bond acceptors (Lipinski definition) is 5. The monoisotopic (exact) mass is 577 g/mol. The van der Waals surface area contributed by atoms with Crippen LogP contribution in [0.25, 0.3) is 22.2 Å². The molecule has 1 aromatic heterocycles. The number of piperazine rings is 1. The number of benzene rings is 3. The van der Waals surface area contributed by atoms with Crippen LogP contribution in [0.1, 0.15) is 36.0 Å². The predicted molar refractivity (Wildman–Crippen MR) is 157 cm³/mol. The van der Waals surface area contributed by atoms with Crippen molar-refractivity contribution in [2.75, 3.05) is 44.2 Å². The molecule has 1 aliphatic carbocycles. The highest BCUT2D eigenvalue weighted by molar-refractivity contribution is 5.82. The van der Waals surface area contributed by atoms with Crippen molar-refractivity contribution in [2.24, 2.45) is 0 Å². The lowest BCUT2D eigenvalue weighted by Gasteiger charge is -2.35. The number of carbonyl (C=O) groups excluding carboxylic acids is 1. The number of alkyl carbamates (subject to hydrolysis) is 1. The SMILES string of the molecule is Cc1cccc2[nH]c(N3CCN(CCCCC4(OC(=O)NCC(F)(F)F)c5ccccc5-c5ccccc54)CC3)nc12. The Kier molecular flexibility index (Phi) is 7.57. The van der Waals surface area contributed by atoms with Crippen molar-refractivity contribution in [3.63, 3.8) is 0 Å². The van der Waals surface area contributed by atoms with Gasteiger partial charge in [-0.1, -0.05) is 60.7 Å². The van der Waals surface area contributed by atoms with Gasteiger partial charge in [-0.05, 0) is 55.5 Å². The van der Waals surface area contributed by atoms with Gasteiger partial charge >= 0.3 is 12.3 Å². The number of halogens is 3. The first-order chi connectivity index (χ1) is 20.2. The van der Waals surface area contributed by atoms with E-state index < -0.39 is 24.4 Å². The van der Waals surface area contributed by atoms with E-state index in [1.54, 1.807) is 0 Å². The van der Waals surface area contributed by atoms with Crippen molar-refractivity contribution >= 4 is 23.1 Å². The number of aryl methyl sites for hydroxylation is 1. The number of aromatic nitrogens is 2. The molecule has 0 bridgehead atoms. The molecule has 220 valence electrons. The Balaban J connectivity index is 1.11. The molecule has 2 heterocycles. The van der Waals surface area contributed by atoms with Crippen molar-refractivity contribution in [3.8, 4) is 11.1 Å². The number of nitrogens with one attached hydrogen (secondary N) is 2. The van der Waals surface area contributed by atoms with Gasteiger partial charge in [0.05, 0.1) is 11.0 Å². The summed E-state index contributed by atoms with van der Waals surface area (Å²) in [6, 6.07) is 21.5. The van der Waals surface area contributed by atoms with Crippen molar-refractivity contribution in [1.29, 1.82) is 0 Å². The summed E-state index contributed by atoms with van der Waals surface area (Å²) in [7, 11) is 0. The molecule has 1 fully saturated rings. The van der Waals surface area contributed by atoms with Crippen LogP contribution in [0.2, 0.25) is 0 Å². The molecule has 2 aliphatic rings. The van der Waals surface area contributed by atoms with Gasteiger partial charge in [0.15, 0.2) is 5.60 Å². The van der Waals surface area contributed by atoms with E-state index in [-0.39, 0.29) is 0 Å². The van der Waals surface area contributed by atoms with Gasteiger partial charge in [-0.15, -0.1) is 0 Å². The quantitative estimate of drug-likeness (QED) is 0.238. The molecule has 0 atom stereocenters. The first-order valence-corrected chi connectivity index (χ1v) is 14.4. The second-order valence-corrected chi connectivity index (χ2v) is 11.1. The Hall–Kier alpha value is -4.05. The summed E-state index contributed by atoms with van der Waals surface area (Å²) in [4.78, 5) is 25.7. The van der Waals surface area contributed by atoms with Crippen molar-refractivity contribution in [3.05, 3.63) is 83.4 Å². The fourth-order valence-electron chi connectivity index (χ4n) is 6.29. The number of unbranched alkanes of at least 4 members (excludes halogenated alkanes) is 1. The van der Waals surface area contributed by atoms with Crippen LogP contribution >= 0.6 is 0 Å². The van der Waals surface area contributed by atoms with Crippen molar-refractivity contribution in [1.82, 2.24) is 20.2 Å². The van der Waals surface area contributed by atoms with E-state index in [1.165, 1.54) is 0 Å². The summed E-state index contributed by atoms with van der Waals surface area (Å²) in [5.74, 6) is 0.903. The largest absolute Gasteiger partial charge is 0.433 e. The van der Waals surface area contributed by atoms with E-state index in [2.05, 4.69) is 27.8 Å². The third-order valence-electron chi connectivity index (χ3n) is 8.34.